The van der Waals surface area contributed by atoms with E-state index in [1.165, 1.54) is 0 Å². The van der Waals surface area contributed by atoms with Crippen molar-refractivity contribution >= 4 is 11.8 Å². The highest BCUT2D eigenvalue weighted by atomic mass is 16.2. The number of piperidine rings is 1. The summed E-state index contributed by atoms with van der Waals surface area (Å²) in [6, 6.07) is 9.66. The third-order valence-electron chi connectivity index (χ3n) is 5.23. The molecule has 2 amide bonds. The van der Waals surface area contributed by atoms with Gasteiger partial charge >= 0.3 is 0 Å². The van der Waals surface area contributed by atoms with E-state index in [4.69, 9.17) is 0 Å². The van der Waals surface area contributed by atoms with Gasteiger partial charge in [0.05, 0.1) is 0 Å². The molecule has 2 aromatic rings. The summed E-state index contributed by atoms with van der Waals surface area (Å²) in [6.45, 7) is 2.63. The van der Waals surface area contributed by atoms with E-state index in [1.54, 1.807) is 11.1 Å². The van der Waals surface area contributed by atoms with Crippen LogP contribution < -0.4 is 0 Å². The Morgan fingerprint density at radius 3 is 2.96 bits per heavy atom. The molecular weight excluding hydrogens is 316 g/mol. The van der Waals surface area contributed by atoms with Gasteiger partial charge < -0.3 is 9.80 Å². The number of carbonyl (C=O) groups is 2. The quantitative estimate of drug-likeness (QED) is 0.929. The molecule has 0 radical (unpaired) electrons. The van der Waals surface area contributed by atoms with Gasteiger partial charge in [-0.2, -0.15) is 5.10 Å². The molecule has 1 fully saturated rings. The highest BCUT2D eigenvalue weighted by molar-refractivity contribution is 5.98. The first-order valence-corrected chi connectivity index (χ1v) is 8.86. The molecule has 0 saturated carbocycles. The van der Waals surface area contributed by atoms with Crippen molar-refractivity contribution in [2.45, 2.75) is 31.7 Å². The molecule has 4 rings (SSSR count). The Bertz CT molecular complexity index is 771. The van der Waals surface area contributed by atoms with Crippen LogP contribution in [0, 0.1) is 0 Å². The Kier molecular flexibility index (Phi) is 4.26. The molecule has 3 heterocycles. The molecule has 2 aliphatic heterocycles. The minimum atomic E-state index is 0.0392. The third-order valence-corrected chi connectivity index (χ3v) is 5.23. The first kappa shape index (κ1) is 15.9. The van der Waals surface area contributed by atoms with Gasteiger partial charge in [-0.3, -0.25) is 14.7 Å². The topological polar surface area (TPSA) is 69.3 Å². The molecule has 1 aromatic carbocycles. The molecule has 0 bridgehead atoms. The smallest absolute Gasteiger partial charge is 0.254 e. The van der Waals surface area contributed by atoms with Crippen LogP contribution in [0.5, 0.6) is 0 Å². The van der Waals surface area contributed by atoms with Crippen LogP contribution >= 0.6 is 0 Å². The number of likely N-dealkylation sites (tertiary alicyclic amines) is 1. The van der Waals surface area contributed by atoms with Crippen molar-refractivity contribution in [3.05, 3.63) is 53.3 Å². The molecule has 0 aliphatic carbocycles. The van der Waals surface area contributed by atoms with Crippen LogP contribution in [-0.2, 0) is 11.3 Å². The van der Waals surface area contributed by atoms with Crippen LogP contribution in [0.25, 0.3) is 0 Å². The molecule has 1 aromatic heterocycles. The van der Waals surface area contributed by atoms with Gasteiger partial charge in [-0.05, 0) is 30.5 Å². The second kappa shape index (κ2) is 6.70. The Morgan fingerprint density at radius 1 is 1.28 bits per heavy atom. The number of rotatable bonds is 4. The number of hydrogen-bond donors (Lipinski definition) is 1. The molecule has 0 spiro atoms. The summed E-state index contributed by atoms with van der Waals surface area (Å²) in [6.07, 6.45) is 4.22. The fourth-order valence-corrected chi connectivity index (χ4v) is 3.84. The highest BCUT2D eigenvalue weighted by Crippen LogP contribution is 2.26. The summed E-state index contributed by atoms with van der Waals surface area (Å²) in [7, 11) is 0. The Balaban J connectivity index is 1.33. The highest BCUT2D eigenvalue weighted by Gasteiger charge is 2.29. The standard InChI is InChI=1S/C19H22N4O2/c24-18(22-10-3-5-15(13-22)17-7-9-20-21-17)8-11-23-12-14-4-1-2-6-16(14)19(23)25/h1-2,4,6-7,9,15H,3,5,8,10-13H2,(H,20,21). The Morgan fingerprint density at radius 2 is 2.16 bits per heavy atom. The first-order valence-electron chi connectivity index (χ1n) is 8.86. The summed E-state index contributed by atoms with van der Waals surface area (Å²) in [5.74, 6) is 0.503. The number of benzene rings is 1. The number of amides is 2. The van der Waals surface area contributed by atoms with Crippen LogP contribution in [-0.4, -0.2) is 51.4 Å². The molecule has 130 valence electrons. The van der Waals surface area contributed by atoms with Gasteiger partial charge in [-0.25, -0.2) is 0 Å². The SMILES string of the molecule is O=C(CCN1Cc2ccccc2C1=O)N1CCCC(c2ccn[nH]2)C1. The zero-order valence-electron chi connectivity index (χ0n) is 14.1. The predicted octanol–water partition coefficient (Wildman–Crippen LogP) is 2.16. The van der Waals surface area contributed by atoms with Gasteiger partial charge in [-0.1, -0.05) is 18.2 Å². The van der Waals surface area contributed by atoms with Crippen molar-refractivity contribution in [2.75, 3.05) is 19.6 Å². The normalized spacial score (nSPS) is 20.0. The average molecular weight is 338 g/mol. The van der Waals surface area contributed by atoms with E-state index in [0.717, 1.165) is 42.8 Å². The average Bonchev–Trinajstić information content (AvgIpc) is 3.29. The Hall–Kier alpha value is -2.63. The maximum atomic E-state index is 12.6. The summed E-state index contributed by atoms with van der Waals surface area (Å²) >= 11 is 0. The van der Waals surface area contributed by atoms with Gasteiger partial charge in [0.25, 0.3) is 5.91 Å². The zero-order valence-corrected chi connectivity index (χ0v) is 14.1. The number of nitrogens with one attached hydrogen (secondary N) is 1. The lowest BCUT2D eigenvalue weighted by Gasteiger charge is -2.32. The van der Waals surface area contributed by atoms with E-state index in [-0.39, 0.29) is 11.8 Å². The number of carbonyl (C=O) groups excluding carboxylic acids is 2. The summed E-state index contributed by atoms with van der Waals surface area (Å²) in [4.78, 5) is 28.7. The van der Waals surface area contributed by atoms with Gasteiger partial charge in [0.15, 0.2) is 0 Å². The first-order chi connectivity index (χ1) is 12.2. The number of nitrogens with zero attached hydrogens (tertiary/aromatic N) is 3. The number of aromatic nitrogens is 2. The van der Waals surface area contributed by atoms with Crippen molar-refractivity contribution in [3.63, 3.8) is 0 Å². The second-order valence-corrected chi connectivity index (χ2v) is 6.82. The minimum Gasteiger partial charge on any atom is -0.342 e. The number of aromatic amines is 1. The van der Waals surface area contributed by atoms with Gasteiger partial charge in [-0.15, -0.1) is 0 Å². The molecular formula is C19H22N4O2. The number of hydrogen-bond acceptors (Lipinski definition) is 3. The zero-order chi connectivity index (χ0) is 17.2. The molecule has 1 unspecified atom stereocenters. The predicted molar refractivity (Wildman–Crippen MR) is 92.9 cm³/mol. The molecule has 1 N–H and O–H groups in total. The molecule has 25 heavy (non-hydrogen) atoms. The van der Waals surface area contributed by atoms with Crippen LogP contribution in [0.2, 0.25) is 0 Å². The summed E-state index contributed by atoms with van der Waals surface area (Å²) in [5, 5.41) is 7.03. The molecule has 1 atom stereocenters. The van der Waals surface area contributed by atoms with Gasteiger partial charge in [0.1, 0.15) is 0 Å². The third kappa shape index (κ3) is 3.16. The monoisotopic (exact) mass is 338 g/mol. The molecule has 6 nitrogen and oxygen atoms in total. The van der Waals surface area contributed by atoms with E-state index in [1.807, 2.05) is 35.2 Å². The van der Waals surface area contributed by atoms with E-state index in [9.17, 15) is 9.59 Å². The van der Waals surface area contributed by atoms with Crippen molar-refractivity contribution < 1.29 is 9.59 Å². The largest absolute Gasteiger partial charge is 0.342 e. The lowest BCUT2D eigenvalue weighted by atomic mass is 9.95. The molecule has 1 saturated heterocycles. The van der Waals surface area contributed by atoms with Gasteiger partial charge in [0.2, 0.25) is 5.91 Å². The lowest BCUT2D eigenvalue weighted by molar-refractivity contribution is -0.132. The van der Waals surface area contributed by atoms with E-state index >= 15 is 0 Å². The fraction of sp³-hybridized carbons (Fsp3) is 0.421. The number of H-pyrrole nitrogens is 1. The van der Waals surface area contributed by atoms with E-state index in [0.29, 0.717) is 25.4 Å². The summed E-state index contributed by atoms with van der Waals surface area (Å²) < 4.78 is 0. The van der Waals surface area contributed by atoms with Crippen LogP contribution in [0.4, 0.5) is 0 Å². The Labute approximate surface area is 146 Å². The van der Waals surface area contributed by atoms with Crippen molar-refractivity contribution in [2.24, 2.45) is 0 Å². The maximum absolute atomic E-state index is 12.6. The fourth-order valence-electron chi connectivity index (χ4n) is 3.84. The second-order valence-electron chi connectivity index (χ2n) is 6.82. The van der Waals surface area contributed by atoms with Crippen molar-refractivity contribution in [1.82, 2.24) is 20.0 Å². The van der Waals surface area contributed by atoms with Crippen molar-refractivity contribution in [1.29, 1.82) is 0 Å². The summed E-state index contributed by atoms with van der Waals surface area (Å²) in [5.41, 5.74) is 2.92. The van der Waals surface area contributed by atoms with E-state index in [2.05, 4.69) is 10.2 Å². The van der Waals surface area contributed by atoms with E-state index < -0.39 is 0 Å². The lowest BCUT2D eigenvalue weighted by Crippen LogP contribution is -2.40. The van der Waals surface area contributed by atoms with Crippen LogP contribution in [0.15, 0.2) is 36.5 Å². The van der Waals surface area contributed by atoms with Crippen LogP contribution in [0.1, 0.15) is 46.8 Å². The van der Waals surface area contributed by atoms with Gasteiger partial charge in [0, 0.05) is 56.0 Å². The minimum absolute atomic E-state index is 0.0392. The molecule has 6 heteroatoms. The molecule has 2 aliphatic rings. The number of fused-ring (bicyclic) bond motifs is 1. The van der Waals surface area contributed by atoms with Crippen LogP contribution in [0.3, 0.4) is 0 Å². The van der Waals surface area contributed by atoms with Crippen molar-refractivity contribution in [3.8, 4) is 0 Å². The maximum Gasteiger partial charge on any atom is 0.254 e.